The second-order valence-corrected chi connectivity index (χ2v) is 8.43. The van der Waals surface area contributed by atoms with Gasteiger partial charge >= 0.3 is 0 Å². The van der Waals surface area contributed by atoms with Crippen molar-refractivity contribution in [1.82, 2.24) is 19.7 Å². The van der Waals surface area contributed by atoms with Gasteiger partial charge in [0.1, 0.15) is 5.75 Å². The highest BCUT2D eigenvalue weighted by Gasteiger charge is 2.36. The van der Waals surface area contributed by atoms with Crippen LogP contribution in [0.25, 0.3) is 11.3 Å². The number of aryl methyl sites for hydroxylation is 1. The lowest BCUT2D eigenvalue weighted by Gasteiger charge is -2.39. The molecule has 0 unspecified atom stereocenters. The van der Waals surface area contributed by atoms with E-state index in [0.717, 1.165) is 48.1 Å². The van der Waals surface area contributed by atoms with Crippen molar-refractivity contribution in [1.29, 1.82) is 0 Å². The van der Waals surface area contributed by atoms with E-state index in [1.54, 1.807) is 15.8 Å². The van der Waals surface area contributed by atoms with Crippen LogP contribution in [0.1, 0.15) is 47.2 Å². The number of nitrogens with zero attached hydrogens (tertiary/aromatic N) is 4. The number of benzene rings is 1. The van der Waals surface area contributed by atoms with Crippen molar-refractivity contribution in [3.05, 3.63) is 65.6 Å². The van der Waals surface area contributed by atoms with Crippen molar-refractivity contribution in [2.45, 2.75) is 44.2 Å². The molecule has 2 atom stereocenters. The molecule has 1 fully saturated rings. The Morgan fingerprint density at radius 3 is 2.71 bits per heavy atom. The molecule has 7 nitrogen and oxygen atoms in total. The lowest BCUT2D eigenvalue weighted by atomic mass is 9.90. The molecular formula is C24H26N4O3. The Kier molecular flexibility index (Phi) is 5.19. The van der Waals surface area contributed by atoms with E-state index in [1.165, 1.54) is 0 Å². The van der Waals surface area contributed by atoms with Crippen LogP contribution in [0, 0.1) is 0 Å². The average molecular weight is 418 g/mol. The van der Waals surface area contributed by atoms with Crippen LogP contribution in [0.5, 0.6) is 5.75 Å². The summed E-state index contributed by atoms with van der Waals surface area (Å²) in [5.41, 5.74) is 4.53. The number of aromatic nitrogens is 3. The lowest BCUT2D eigenvalue weighted by molar-refractivity contribution is -0.0124. The number of hydrogen-bond donors (Lipinski definition) is 1. The quantitative estimate of drug-likeness (QED) is 0.704. The summed E-state index contributed by atoms with van der Waals surface area (Å²) in [6.45, 7) is 0.201. The maximum atomic E-state index is 13.2. The van der Waals surface area contributed by atoms with Gasteiger partial charge in [0.15, 0.2) is 6.73 Å². The maximum absolute atomic E-state index is 13.2. The summed E-state index contributed by atoms with van der Waals surface area (Å²) in [5, 5.41) is 14.6. The van der Waals surface area contributed by atoms with Gasteiger partial charge in [-0.1, -0.05) is 25.0 Å². The zero-order chi connectivity index (χ0) is 21.4. The van der Waals surface area contributed by atoms with Crippen LogP contribution in [0.3, 0.4) is 0 Å². The Labute approximate surface area is 181 Å². The normalized spacial score (nSPS) is 21.0. The summed E-state index contributed by atoms with van der Waals surface area (Å²) in [6.07, 6.45) is 9.39. The molecule has 160 valence electrons. The predicted molar refractivity (Wildman–Crippen MR) is 116 cm³/mol. The first kappa shape index (κ1) is 19.8. The number of pyridine rings is 1. The van der Waals surface area contributed by atoms with Crippen molar-refractivity contribution < 1.29 is 14.6 Å². The van der Waals surface area contributed by atoms with E-state index in [1.807, 2.05) is 43.7 Å². The van der Waals surface area contributed by atoms with Crippen LogP contribution in [0.15, 0.2) is 48.9 Å². The van der Waals surface area contributed by atoms with Gasteiger partial charge < -0.3 is 9.84 Å². The minimum Gasteiger partial charge on any atom is -0.472 e. The van der Waals surface area contributed by atoms with Crippen molar-refractivity contribution in [2.24, 2.45) is 7.05 Å². The SMILES string of the molecule is Cn1cc(-c2ccc(Cc3ccc4c(c3)C(=O)N([C@@H]3CCCC[C@H]3O)CO4)cn2)cn1. The van der Waals surface area contributed by atoms with Gasteiger partial charge in [-0.3, -0.25) is 19.4 Å². The van der Waals surface area contributed by atoms with E-state index in [-0.39, 0.29) is 18.7 Å². The molecule has 3 aromatic rings. The molecule has 1 saturated carbocycles. The number of rotatable bonds is 4. The molecule has 31 heavy (non-hydrogen) atoms. The first-order valence-electron chi connectivity index (χ1n) is 10.8. The molecule has 2 aromatic heterocycles. The fourth-order valence-electron chi connectivity index (χ4n) is 4.52. The first-order chi connectivity index (χ1) is 15.1. The fraction of sp³-hybridized carbons (Fsp3) is 0.375. The zero-order valence-electron chi connectivity index (χ0n) is 17.6. The zero-order valence-corrected chi connectivity index (χ0v) is 17.6. The number of carbonyl (C=O) groups excluding carboxylic acids is 1. The number of fused-ring (bicyclic) bond motifs is 1. The van der Waals surface area contributed by atoms with Gasteiger partial charge in [0.2, 0.25) is 0 Å². The molecule has 0 bridgehead atoms. The van der Waals surface area contributed by atoms with Crippen LogP contribution < -0.4 is 4.74 Å². The van der Waals surface area contributed by atoms with Gasteiger partial charge in [0.05, 0.1) is 29.6 Å². The third kappa shape index (κ3) is 3.93. The smallest absolute Gasteiger partial charge is 0.260 e. The van der Waals surface area contributed by atoms with Crippen molar-refractivity contribution >= 4 is 5.91 Å². The van der Waals surface area contributed by atoms with Crippen molar-refractivity contribution in [2.75, 3.05) is 6.73 Å². The third-order valence-electron chi connectivity index (χ3n) is 6.22. The number of carbonyl (C=O) groups is 1. The lowest BCUT2D eigenvalue weighted by Crippen LogP contribution is -2.51. The Morgan fingerprint density at radius 1 is 1.13 bits per heavy atom. The van der Waals surface area contributed by atoms with Crippen molar-refractivity contribution in [3.63, 3.8) is 0 Å². The van der Waals surface area contributed by atoms with Crippen molar-refractivity contribution in [3.8, 4) is 17.0 Å². The third-order valence-corrected chi connectivity index (χ3v) is 6.22. The fourth-order valence-corrected chi connectivity index (χ4v) is 4.52. The van der Waals surface area contributed by atoms with Gasteiger partial charge in [-0.2, -0.15) is 5.10 Å². The second-order valence-electron chi connectivity index (χ2n) is 8.43. The summed E-state index contributed by atoms with van der Waals surface area (Å²) in [7, 11) is 1.88. The number of ether oxygens (including phenoxy) is 1. The molecular weight excluding hydrogens is 392 g/mol. The van der Waals surface area contributed by atoms with Crippen LogP contribution in [-0.4, -0.2) is 49.6 Å². The van der Waals surface area contributed by atoms with Gasteiger partial charge in [0, 0.05) is 25.0 Å². The monoisotopic (exact) mass is 418 g/mol. The van der Waals surface area contributed by atoms with Gasteiger partial charge in [0.25, 0.3) is 5.91 Å². The highest BCUT2D eigenvalue weighted by molar-refractivity contribution is 5.98. The molecule has 2 aliphatic rings. The summed E-state index contributed by atoms with van der Waals surface area (Å²) in [4.78, 5) is 19.4. The molecule has 1 aliphatic heterocycles. The summed E-state index contributed by atoms with van der Waals surface area (Å²) < 4.78 is 7.61. The molecule has 1 amide bonds. The summed E-state index contributed by atoms with van der Waals surface area (Å²) >= 11 is 0. The largest absolute Gasteiger partial charge is 0.472 e. The standard InChI is InChI=1S/C24H26N4O3/c1-27-14-18(13-26-27)20-8-6-17(12-25-20)10-16-7-9-23-19(11-16)24(30)28(15-31-23)21-4-2-3-5-22(21)29/h6-9,11-14,21-22,29H,2-5,10,15H2,1H3/t21-,22-/m1/s1. The molecule has 7 heteroatoms. The molecule has 1 N–H and O–H groups in total. The van der Waals surface area contributed by atoms with Gasteiger partial charge in [-0.25, -0.2) is 0 Å². The molecule has 0 radical (unpaired) electrons. The number of amides is 1. The van der Waals surface area contributed by atoms with Gasteiger partial charge in [-0.15, -0.1) is 0 Å². The van der Waals surface area contributed by atoms with Crippen LogP contribution in [-0.2, 0) is 13.5 Å². The minimum absolute atomic E-state index is 0.0564. The summed E-state index contributed by atoms with van der Waals surface area (Å²) in [6, 6.07) is 9.65. The topological polar surface area (TPSA) is 80.5 Å². The molecule has 1 aromatic carbocycles. The number of aliphatic hydroxyl groups excluding tert-OH is 1. The highest BCUT2D eigenvalue weighted by atomic mass is 16.5. The Bertz CT molecular complexity index is 1090. The highest BCUT2D eigenvalue weighted by Crippen LogP contribution is 2.31. The van der Waals surface area contributed by atoms with E-state index in [9.17, 15) is 9.90 Å². The second kappa shape index (κ2) is 8.15. The molecule has 3 heterocycles. The van der Waals surface area contributed by atoms with E-state index in [0.29, 0.717) is 17.7 Å². The van der Waals surface area contributed by atoms with E-state index >= 15 is 0 Å². The molecule has 5 rings (SSSR count). The Hall–Kier alpha value is -3.19. The van der Waals surface area contributed by atoms with E-state index in [2.05, 4.69) is 16.1 Å². The maximum Gasteiger partial charge on any atom is 0.260 e. The number of aliphatic hydroxyl groups is 1. The van der Waals surface area contributed by atoms with Crippen LogP contribution in [0.2, 0.25) is 0 Å². The predicted octanol–water partition coefficient (Wildman–Crippen LogP) is 3.17. The van der Waals surface area contributed by atoms with Crippen LogP contribution >= 0.6 is 0 Å². The van der Waals surface area contributed by atoms with Gasteiger partial charge in [-0.05, 0) is 48.6 Å². The van der Waals surface area contributed by atoms with E-state index in [4.69, 9.17) is 4.74 Å². The van der Waals surface area contributed by atoms with E-state index < -0.39 is 6.10 Å². The molecule has 0 saturated heterocycles. The molecule has 0 spiro atoms. The number of hydrogen-bond acceptors (Lipinski definition) is 5. The Balaban J connectivity index is 1.34. The molecule has 1 aliphatic carbocycles. The van der Waals surface area contributed by atoms with Crippen LogP contribution in [0.4, 0.5) is 0 Å². The summed E-state index contributed by atoms with van der Waals surface area (Å²) in [5.74, 6) is 0.555. The first-order valence-corrected chi connectivity index (χ1v) is 10.8. The average Bonchev–Trinajstić information content (AvgIpc) is 3.22. The Morgan fingerprint density at radius 2 is 1.97 bits per heavy atom. The minimum atomic E-state index is -0.476.